The van der Waals surface area contributed by atoms with Crippen LogP contribution >= 0.6 is 11.6 Å². The van der Waals surface area contributed by atoms with Crippen molar-refractivity contribution in [1.29, 1.82) is 0 Å². The number of aryl methyl sites for hydroxylation is 1. The van der Waals surface area contributed by atoms with Gasteiger partial charge < -0.3 is 15.2 Å². The first kappa shape index (κ1) is 14.5. The molecule has 0 saturated carbocycles. The van der Waals surface area contributed by atoms with Crippen LogP contribution in [0.15, 0.2) is 36.4 Å². The maximum absolute atomic E-state index is 10.00. The molecule has 106 valence electrons. The molecule has 1 unspecified atom stereocenters. The van der Waals surface area contributed by atoms with Crippen LogP contribution in [0, 0.1) is 6.92 Å². The number of hydrogen-bond acceptors (Lipinski definition) is 3. The van der Waals surface area contributed by atoms with Crippen molar-refractivity contribution in [2.75, 3.05) is 12.4 Å². The molecule has 2 rings (SSSR count). The van der Waals surface area contributed by atoms with Gasteiger partial charge in [0.25, 0.3) is 0 Å². The Bertz CT molecular complexity index is 613. The summed E-state index contributed by atoms with van der Waals surface area (Å²) in [5.41, 5.74) is 2.77. The molecule has 3 nitrogen and oxygen atoms in total. The molecule has 20 heavy (non-hydrogen) atoms. The van der Waals surface area contributed by atoms with E-state index in [2.05, 4.69) is 5.32 Å². The second-order valence-electron chi connectivity index (χ2n) is 4.78. The van der Waals surface area contributed by atoms with Gasteiger partial charge in [-0.2, -0.15) is 0 Å². The van der Waals surface area contributed by atoms with Crippen molar-refractivity contribution in [1.82, 2.24) is 0 Å². The van der Waals surface area contributed by atoms with E-state index in [0.29, 0.717) is 16.5 Å². The predicted octanol–water partition coefficient (Wildman–Crippen LogP) is 4.54. The number of nitrogens with one attached hydrogen (secondary N) is 1. The van der Waals surface area contributed by atoms with Crippen molar-refractivity contribution in [3.8, 4) is 11.5 Å². The van der Waals surface area contributed by atoms with Crippen molar-refractivity contribution >= 4 is 17.3 Å². The summed E-state index contributed by atoms with van der Waals surface area (Å²) in [5.74, 6) is 0.919. The van der Waals surface area contributed by atoms with Gasteiger partial charge in [-0.15, -0.1) is 0 Å². The van der Waals surface area contributed by atoms with Crippen molar-refractivity contribution < 1.29 is 9.84 Å². The number of hydrogen-bond donors (Lipinski definition) is 2. The first-order chi connectivity index (χ1) is 9.51. The second kappa shape index (κ2) is 6.06. The van der Waals surface area contributed by atoms with Gasteiger partial charge in [0.2, 0.25) is 0 Å². The average molecular weight is 292 g/mol. The molecular weight excluding hydrogens is 274 g/mol. The summed E-state index contributed by atoms with van der Waals surface area (Å²) >= 11 is 6.00. The quantitative estimate of drug-likeness (QED) is 0.869. The van der Waals surface area contributed by atoms with Gasteiger partial charge >= 0.3 is 0 Å². The third-order valence-electron chi connectivity index (χ3n) is 3.19. The average Bonchev–Trinajstić information content (AvgIpc) is 2.40. The third kappa shape index (κ3) is 3.17. The molecule has 0 fully saturated rings. The normalized spacial score (nSPS) is 12.0. The summed E-state index contributed by atoms with van der Waals surface area (Å²) in [6.45, 7) is 3.94. The number of phenolic OH excluding ortho intramolecular Hbond substituents is 1. The van der Waals surface area contributed by atoms with Gasteiger partial charge in [-0.05, 0) is 37.6 Å². The SMILES string of the molecule is COc1cc(NC(C)c2ccc(C)cc2O)ccc1Cl. The van der Waals surface area contributed by atoms with Crippen LogP contribution in [-0.2, 0) is 0 Å². The van der Waals surface area contributed by atoms with Crippen molar-refractivity contribution in [2.45, 2.75) is 19.9 Å². The van der Waals surface area contributed by atoms with E-state index in [1.165, 1.54) is 0 Å². The van der Waals surface area contributed by atoms with Gasteiger partial charge in [-0.1, -0.05) is 23.7 Å². The fraction of sp³-hybridized carbons (Fsp3) is 0.250. The third-order valence-corrected chi connectivity index (χ3v) is 3.50. The van der Waals surface area contributed by atoms with Crippen LogP contribution in [0.1, 0.15) is 24.1 Å². The Kier molecular flexibility index (Phi) is 4.40. The minimum atomic E-state index is -0.0264. The lowest BCUT2D eigenvalue weighted by molar-refractivity contribution is 0.415. The lowest BCUT2D eigenvalue weighted by Crippen LogP contribution is -2.07. The van der Waals surface area contributed by atoms with E-state index in [1.54, 1.807) is 19.2 Å². The highest BCUT2D eigenvalue weighted by Crippen LogP contribution is 2.31. The van der Waals surface area contributed by atoms with Crippen LogP contribution < -0.4 is 10.1 Å². The topological polar surface area (TPSA) is 41.5 Å². The Labute approximate surface area is 124 Å². The summed E-state index contributed by atoms with van der Waals surface area (Å²) in [6.07, 6.45) is 0. The van der Waals surface area contributed by atoms with Crippen molar-refractivity contribution in [3.63, 3.8) is 0 Å². The number of rotatable bonds is 4. The first-order valence-corrected chi connectivity index (χ1v) is 6.78. The van der Waals surface area contributed by atoms with E-state index in [-0.39, 0.29) is 6.04 Å². The molecule has 0 aliphatic heterocycles. The zero-order valence-corrected chi connectivity index (χ0v) is 12.5. The summed E-state index contributed by atoms with van der Waals surface area (Å²) in [6, 6.07) is 11.1. The van der Waals surface area contributed by atoms with E-state index in [1.807, 2.05) is 38.1 Å². The van der Waals surface area contributed by atoms with Crippen molar-refractivity contribution in [3.05, 3.63) is 52.5 Å². The van der Waals surface area contributed by atoms with Gasteiger partial charge in [0.15, 0.2) is 0 Å². The number of methoxy groups -OCH3 is 1. The lowest BCUT2D eigenvalue weighted by Gasteiger charge is -2.18. The molecule has 0 bridgehead atoms. The van der Waals surface area contributed by atoms with E-state index in [4.69, 9.17) is 16.3 Å². The number of aromatic hydroxyl groups is 1. The Hall–Kier alpha value is -1.87. The van der Waals surface area contributed by atoms with E-state index < -0.39 is 0 Å². The Morgan fingerprint density at radius 2 is 1.95 bits per heavy atom. The molecule has 0 aliphatic rings. The molecule has 2 aromatic carbocycles. The van der Waals surface area contributed by atoms with Gasteiger partial charge in [-0.25, -0.2) is 0 Å². The largest absolute Gasteiger partial charge is 0.508 e. The summed E-state index contributed by atoms with van der Waals surface area (Å²) < 4.78 is 5.19. The van der Waals surface area contributed by atoms with Crippen LogP contribution in [0.25, 0.3) is 0 Å². The molecule has 0 amide bonds. The standard InChI is InChI=1S/C16H18ClNO2/c1-10-4-6-13(15(19)8-10)11(2)18-12-5-7-14(17)16(9-12)20-3/h4-9,11,18-19H,1-3H3. The van der Waals surface area contributed by atoms with E-state index >= 15 is 0 Å². The van der Waals surface area contributed by atoms with Gasteiger partial charge in [0.1, 0.15) is 11.5 Å². The minimum absolute atomic E-state index is 0.0264. The number of phenols is 1. The molecule has 0 saturated heterocycles. The number of benzene rings is 2. The highest BCUT2D eigenvalue weighted by molar-refractivity contribution is 6.32. The molecule has 0 heterocycles. The van der Waals surface area contributed by atoms with Crippen LogP contribution in [0.3, 0.4) is 0 Å². The molecule has 2 N–H and O–H groups in total. The monoisotopic (exact) mass is 291 g/mol. The maximum atomic E-state index is 10.00. The lowest BCUT2D eigenvalue weighted by atomic mass is 10.0. The fourth-order valence-corrected chi connectivity index (χ4v) is 2.29. The van der Waals surface area contributed by atoms with Gasteiger partial charge in [-0.3, -0.25) is 0 Å². The predicted molar refractivity (Wildman–Crippen MR) is 82.9 cm³/mol. The minimum Gasteiger partial charge on any atom is -0.508 e. The summed E-state index contributed by atoms with van der Waals surface area (Å²) in [5, 5.41) is 13.9. The fourth-order valence-electron chi connectivity index (χ4n) is 2.10. The molecule has 0 spiro atoms. The molecule has 4 heteroatoms. The van der Waals surface area contributed by atoms with Gasteiger partial charge in [0, 0.05) is 17.3 Å². The molecular formula is C16H18ClNO2. The molecule has 0 radical (unpaired) electrons. The number of anilines is 1. The highest BCUT2D eigenvalue weighted by atomic mass is 35.5. The maximum Gasteiger partial charge on any atom is 0.139 e. The van der Waals surface area contributed by atoms with Crippen LogP contribution in [0.4, 0.5) is 5.69 Å². The van der Waals surface area contributed by atoms with Crippen LogP contribution in [0.2, 0.25) is 5.02 Å². The zero-order valence-electron chi connectivity index (χ0n) is 11.8. The Morgan fingerprint density at radius 1 is 1.20 bits per heavy atom. The summed E-state index contributed by atoms with van der Waals surface area (Å²) in [4.78, 5) is 0. The first-order valence-electron chi connectivity index (χ1n) is 6.41. The van der Waals surface area contributed by atoms with Gasteiger partial charge in [0.05, 0.1) is 18.2 Å². The van der Waals surface area contributed by atoms with Crippen LogP contribution in [0.5, 0.6) is 11.5 Å². The molecule has 2 aromatic rings. The molecule has 0 aromatic heterocycles. The number of halogens is 1. The summed E-state index contributed by atoms with van der Waals surface area (Å²) in [7, 11) is 1.58. The second-order valence-corrected chi connectivity index (χ2v) is 5.18. The molecule has 0 aliphatic carbocycles. The van der Waals surface area contributed by atoms with Crippen molar-refractivity contribution in [2.24, 2.45) is 0 Å². The Balaban J connectivity index is 2.21. The zero-order chi connectivity index (χ0) is 14.7. The highest BCUT2D eigenvalue weighted by Gasteiger charge is 2.11. The van der Waals surface area contributed by atoms with E-state index in [9.17, 15) is 5.11 Å². The number of ether oxygens (including phenoxy) is 1. The van der Waals surface area contributed by atoms with E-state index in [0.717, 1.165) is 16.8 Å². The molecule has 1 atom stereocenters. The Morgan fingerprint density at radius 3 is 2.60 bits per heavy atom. The van der Waals surface area contributed by atoms with Crippen LogP contribution in [-0.4, -0.2) is 12.2 Å². The smallest absolute Gasteiger partial charge is 0.139 e.